The average Bonchev–Trinajstić information content (AvgIpc) is 2.83. The molecule has 0 spiro atoms. The minimum atomic E-state index is -0.453. The SMILES string of the molecule is CCCCCCCCOc1ccc(-c2cc(-c3ccc([N+](=O)[O-])cc3)nc(N)c2C#N)cc1. The van der Waals surface area contributed by atoms with Crippen LogP contribution in [0.5, 0.6) is 5.75 Å². The Bertz CT molecular complexity index is 1120. The fraction of sp³-hybridized carbons (Fsp3) is 0.308. The summed E-state index contributed by atoms with van der Waals surface area (Å²) in [5.74, 6) is 0.898. The molecule has 0 aliphatic carbocycles. The monoisotopic (exact) mass is 444 g/mol. The molecule has 0 aliphatic heterocycles. The number of unbranched alkanes of at least 4 members (excludes halogenated alkanes) is 5. The molecule has 0 amide bonds. The minimum Gasteiger partial charge on any atom is -0.494 e. The summed E-state index contributed by atoms with van der Waals surface area (Å²) in [7, 11) is 0. The van der Waals surface area contributed by atoms with Crippen LogP contribution >= 0.6 is 0 Å². The van der Waals surface area contributed by atoms with Crippen molar-refractivity contribution in [2.75, 3.05) is 12.3 Å². The molecule has 1 aromatic heterocycles. The summed E-state index contributed by atoms with van der Waals surface area (Å²) in [5, 5.41) is 20.5. The van der Waals surface area contributed by atoms with E-state index in [-0.39, 0.29) is 11.5 Å². The minimum absolute atomic E-state index is 0.00265. The summed E-state index contributed by atoms with van der Waals surface area (Å²) in [6.45, 7) is 2.89. The highest BCUT2D eigenvalue weighted by Crippen LogP contribution is 2.32. The average molecular weight is 445 g/mol. The van der Waals surface area contributed by atoms with Crippen molar-refractivity contribution in [3.63, 3.8) is 0 Å². The van der Waals surface area contributed by atoms with Gasteiger partial charge in [0.05, 0.1) is 17.2 Å². The first-order valence-corrected chi connectivity index (χ1v) is 11.2. The Labute approximate surface area is 194 Å². The normalized spacial score (nSPS) is 10.5. The van der Waals surface area contributed by atoms with Crippen molar-refractivity contribution in [2.45, 2.75) is 45.4 Å². The first-order valence-electron chi connectivity index (χ1n) is 11.2. The van der Waals surface area contributed by atoms with Gasteiger partial charge in [-0.1, -0.05) is 51.2 Å². The van der Waals surface area contributed by atoms with E-state index in [1.807, 2.05) is 24.3 Å². The number of aromatic nitrogens is 1. The Morgan fingerprint density at radius 3 is 2.27 bits per heavy atom. The van der Waals surface area contributed by atoms with Gasteiger partial charge in [0.15, 0.2) is 0 Å². The Hall–Kier alpha value is -3.92. The number of ether oxygens (including phenoxy) is 1. The number of nitrogen functional groups attached to an aromatic ring is 1. The molecule has 33 heavy (non-hydrogen) atoms. The molecule has 3 aromatic rings. The maximum atomic E-state index is 10.9. The molecule has 0 atom stereocenters. The number of nitrogens with two attached hydrogens (primary N) is 1. The molecule has 0 bridgehead atoms. The van der Waals surface area contributed by atoms with Gasteiger partial charge in [0.1, 0.15) is 23.2 Å². The Morgan fingerprint density at radius 2 is 1.64 bits per heavy atom. The molecule has 0 fully saturated rings. The molecule has 2 N–H and O–H groups in total. The molecule has 0 radical (unpaired) electrons. The molecule has 2 aromatic carbocycles. The van der Waals surface area contributed by atoms with Gasteiger partial charge in [0.2, 0.25) is 0 Å². The van der Waals surface area contributed by atoms with E-state index in [0.29, 0.717) is 29.0 Å². The van der Waals surface area contributed by atoms with Gasteiger partial charge in [-0.15, -0.1) is 0 Å². The lowest BCUT2D eigenvalue weighted by atomic mass is 9.98. The second-order valence-electron chi connectivity index (χ2n) is 7.87. The largest absolute Gasteiger partial charge is 0.494 e. The molecule has 7 nitrogen and oxygen atoms in total. The van der Waals surface area contributed by atoms with Crippen LogP contribution in [-0.2, 0) is 0 Å². The van der Waals surface area contributed by atoms with Crippen LogP contribution in [0.1, 0.15) is 51.0 Å². The zero-order valence-corrected chi connectivity index (χ0v) is 18.8. The Kier molecular flexibility index (Phi) is 8.36. The number of rotatable bonds is 11. The van der Waals surface area contributed by atoms with Crippen molar-refractivity contribution in [1.82, 2.24) is 4.98 Å². The highest BCUT2D eigenvalue weighted by Gasteiger charge is 2.14. The molecule has 3 rings (SSSR count). The summed E-state index contributed by atoms with van der Waals surface area (Å²) in [6.07, 6.45) is 7.26. The van der Waals surface area contributed by atoms with Crippen molar-refractivity contribution in [2.24, 2.45) is 0 Å². The zero-order valence-electron chi connectivity index (χ0n) is 18.8. The number of nitro benzene ring substituents is 1. The van der Waals surface area contributed by atoms with Crippen LogP contribution in [0.4, 0.5) is 11.5 Å². The van der Waals surface area contributed by atoms with Crippen LogP contribution in [-0.4, -0.2) is 16.5 Å². The van der Waals surface area contributed by atoms with E-state index in [4.69, 9.17) is 10.5 Å². The van der Waals surface area contributed by atoms with Crippen LogP contribution in [0.2, 0.25) is 0 Å². The first kappa shape index (κ1) is 23.7. The molecule has 0 saturated heterocycles. The third-order valence-electron chi connectivity index (χ3n) is 5.47. The standard InChI is InChI=1S/C26H28N4O3/c1-2-3-4-5-6-7-16-33-22-14-10-19(11-15-22)23-17-25(29-26(28)24(23)18-27)20-8-12-21(13-9-20)30(31)32/h8-15,17H,2-7,16H2,1H3,(H2,28,29). The van der Waals surface area contributed by atoms with E-state index in [0.717, 1.165) is 17.7 Å². The predicted molar refractivity (Wildman–Crippen MR) is 130 cm³/mol. The van der Waals surface area contributed by atoms with Crippen molar-refractivity contribution < 1.29 is 9.66 Å². The van der Waals surface area contributed by atoms with Gasteiger partial charge in [-0.2, -0.15) is 5.26 Å². The van der Waals surface area contributed by atoms with Gasteiger partial charge in [-0.25, -0.2) is 4.98 Å². The van der Waals surface area contributed by atoms with Gasteiger partial charge in [0.25, 0.3) is 5.69 Å². The lowest BCUT2D eigenvalue weighted by Crippen LogP contribution is -2.00. The number of hydrogen-bond acceptors (Lipinski definition) is 6. The summed E-state index contributed by atoms with van der Waals surface area (Å²) in [6, 6.07) is 17.5. The van der Waals surface area contributed by atoms with Crippen molar-refractivity contribution in [1.29, 1.82) is 5.26 Å². The molecule has 7 heteroatoms. The van der Waals surface area contributed by atoms with Crippen LogP contribution in [0, 0.1) is 21.4 Å². The highest BCUT2D eigenvalue weighted by atomic mass is 16.6. The van der Waals surface area contributed by atoms with E-state index in [1.165, 1.54) is 44.2 Å². The second-order valence-corrected chi connectivity index (χ2v) is 7.87. The fourth-order valence-electron chi connectivity index (χ4n) is 3.61. The van der Waals surface area contributed by atoms with Gasteiger partial charge in [0, 0.05) is 23.3 Å². The molecule has 170 valence electrons. The van der Waals surface area contributed by atoms with Crippen LogP contribution < -0.4 is 10.5 Å². The molecule has 1 heterocycles. The third-order valence-corrected chi connectivity index (χ3v) is 5.47. The van der Waals surface area contributed by atoms with Gasteiger partial charge in [-0.05, 0) is 42.3 Å². The first-order chi connectivity index (χ1) is 16.0. The summed E-state index contributed by atoms with van der Waals surface area (Å²) in [5.41, 5.74) is 9.05. The number of nitro groups is 1. The number of benzene rings is 2. The molecule has 0 unspecified atom stereocenters. The van der Waals surface area contributed by atoms with Gasteiger partial charge >= 0.3 is 0 Å². The number of hydrogen-bond donors (Lipinski definition) is 1. The number of nitrogens with zero attached hydrogens (tertiary/aromatic N) is 3. The van der Waals surface area contributed by atoms with Crippen molar-refractivity contribution >= 4 is 11.5 Å². The lowest BCUT2D eigenvalue weighted by Gasteiger charge is -2.11. The maximum Gasteiger partial charge on any atom is 0.269 e. The molecule has 0 aliphatic rings. The molecular formula is C26H28N4O3. The predicted octanol–water partition coefficient (Wildman–Crippen LogP) is 6.52. The zero-order chi connectivity index (χ0) is 23.6. The van der Waals surface area contributed by atoms with E-state index < -0.39 is 4.92 Å². The number of nitriles is 1. The molecular weight excluding hydrogens is 416 g/mol. The summed E-state index contributed by atoms with van der Waals surface area (Å²) >= 11 is 0. The molecule has 0 saturated carbocycles. The topological polar surface area (TPSA) is 115 Å². The smallest absolute Gasteiger partial charge is 0.269 e. The number of anilines is 1. The Balaban J connectivity index is 1.75. The van der Waals surface area contributed by atoms with E-state index in [2.05, 4.69) is 18.0 Å². The number of non-ortho nitro benzene ring substituents is 1. The van der Waals surface area contributed by atoms with Crippen LogP contribution in [0.15, 0.2) is 54.6 Å². The summed E-state index contributed by atoms with van der Waals surface area (Å²) < 4.78 is 5.85. The van der Waals surface area contributed by atoms with E-state index in [1.54, 1.807) is 18.2 Å². The van der Waals surface area contributed by atoms with Crippen LogP contribution in [0.3, 0.4) is 0 Å². The summed E-state index contributed by atoms with van der Waals surface area (Å²) in [4.78, 5) is 14.8. The quantitative estimate of drug-likeness (QED) is 0.204. The van der Waals surface area contributed by atoms with Gasteiger partial charge < -0.3 is 10.5 Å². The van der Waals surface area contributed by atoms with Crippen molar-refractivity contribution in [3.8, 4) is 34.2 Å². The highest BCUT2D eigenvalue weighted by molar-refractivity contribution is 5.80. The number of pyridine rings is 1. The van der Waals surface area contributed by atoms with Gasteiger partial charge in [-0.3, -0.25) is 10.1 Å². The van der Waals surface area contributed by atoms with Crippen LogP contribution in [0.25, 0.3) is 22.4 Å². The Morgan fingerprint density at radius 1 is 1.00 bits per heavy atom. The second kappa shape index (κ2) is 11.6. The fourth-order valence-corrected chi connectivity index (χ4v) is 3.61. The third kappa shape index (κ3) is 6.30. The van der Waals surface area contributed by atoms with E-state index >= 15 is 0 Å². The van der Waals surface area contributed by atoms with Crippen molar-refractivity contribution in [3.05, 3.63) is 70.3 Å². The van der Waals surface area contributed by atoms with E-state index in [9.17, 15) is 15.4 Å². The maximum absolute atomic E-state index is 10.9. The lowest BCUT2D eigenvalue weighted by molar-refractivity contribution is -0.384.